The van der Waals surface area contributed by atoms with Gasteiger partial charge >= 0.3 is 35.6 Å². The van der Waals surface area contributed by atoms with Gasteiger partial charge in [0, 0.05) is 16.1 Å². The minimum absolute atomic E-state index is 0.556. The van der Waals surface area contributed by atoms with Crippen molar-refractivity contribution < 1.29 is 17.0 Å². The van der Waals surface area contributed by atoms with Crippen molar-refractivity contribution in [2.24, 2.45) is 0 Å². The molecule has 5 heteroatoms. The van der Waals surface area contributed by atoms with E-state index in [1.54, 1.807) is 21.1 Å². The van der Waals surface area contributed by atoms with Crippen LogP contribution in [0.25, 0.3) is 21.5 Å². The van der Waals surface area contributed by atoms with Gasteiger partial charge in [-0.1, -0.05) is 87.9 Å². The molecule has 0 amide bonds. The van der Waals surface area contributed by atoms with Gasteiger partial charge in [-0.05, 0) is 0 Å². The molecule has 0 atom stereocenters. The molecule has 4 aromatic rings. The molecular weight excluding hydrogens is 535 g/mol. The first-order valence-corrected chi connectivity index (χ1v) is 22.9. The van der Waals surface area contributed by atoms with E-state index in [4.69, 9.17) is 18.6 Å². The van der Waals surface area contributed by atoms with Crippen molar-refractivity contribution in [3.8, 4) is 0 Å². The topological polar surface area (TPSA) is 0 Å². The number of rotatable bonds is 6. The van der Waals surface area contributed by atoms with Crippen LogP contribution in [0.3, 0.4) is 0 Å². The fraction of sp³-hybridized carbons (Fsp3) is 0.400. The van der Waals surface area contributed by atoms with Crippen LogP contribution in [0.5, 0.6) is 0 Å². The Morgan fingerprint density at radius 1 is 0.657 bits per heavy atom. The number of hydrogen-bond acceptors (Lipinski definition) is 0. The SMILES string of the molecule is CCC[Si]1([c-]2ccc3ccccc32)CCC1.CCC[Si]1([c-]2ccc3ccccc32)CCC1.[Cl][Ti][Cl]. The molecule has 2 aliphatic heterocycles. The Hall–Kier alpha value is -0.612. The van der Waals surface area contributed by atoms with Crippen molar-refractivity contribution in [3.63, 3.8) is 0 Å². The van der Waals surface area contributed by atoms with Crippen molar-refractivity contribution in [2.75, 3.05) is 0 Å². The molecule has 4 aromatic carbocycles. The van der Waals surface area contributed by atoms with Gasteiger partial charge in [-0.3, -0.25) is 0 Å². The summed E-state index contributed by atoms with van der Waals surface area (Å²) in [7, 11) is 7.72. The third kappa shape index (κ3) is 5.79. The summed E-state index contributed by atoms with van der Waals surface area (Å²) in [5.41, 5.74) is 0. The fourth-order valence-corrected chi connectivity index (χ4v) is 16.1. The van der Waals surface area contributed by atoms with E-state index in [-0.39, 0.29) is 0 Å². The van der Waals surface area contributed by atoms with Gasteiger partial charge in [0.2, 0.25) is 0 Å². The first-order chi connectivity index (χ1) is 17.1. The molecule has 35 heavy (non-hydrogen) atoms. The van der Waals surface area contributed by atoms with Crippen molar-refractivity contribution in [1.82, 2.24) is 0 Å². The zero-order chi connectivity index (χ0) is 24.7. The van der Waals surface area contributed by atoms with Crippen molar-refractivity contribution in [1.29, 1.82) is 0 Å². The molecule has 0 nitrogen and oxygen atoms in total. The second-order valence-electron chi connectivity index (χ2n) is 10.5. The Bertz CT molecular complexity index is 1110. The quantitative estimate of drug-likeness (QED) is 0.159. The van der Waals surface area contributed by atoms with Crippen molar-refractivity contribution in [2.45, 2.75) is 75.8 Å². The van der Waals surface area contributed by atoms with Gasteiger partial charge in [0.15, 0.2) is 0 Å². The molecule has 0 bridgehead atoms. The predicted molar refractivity (Wildman–Crippen MR) is 160 cm³/mol. The maximum atomic E-state index is 4.89. The predicted octanol–water partition coefficient (Wildman–Crippen LogP) is 9.43. The Labute approximate surface area is 230 Å². The molecule has 2 fully saturated rings. The average molecular weight is 574 g/mol. The van der Waals surface area contributed by atoms with E-state index in [1.165, 1.54) is 72.7 Å². The molecule has 6 rings (SSSR count). The second-order valence-corrected chi connectivity index (χ2v) is 22.3. The first kappa shape index (κ1) is 27.4. The number of halogens is 2. The zero-order valence-corrected chi connectivity index (χ0v) is 26.3. The molecule has 0 unspecified atom stereocenters. The van der Waals surface area contributed by atoms with Crippen LogP contribution in [-0.2, 0) is 17.0 Å². The Kier molecular flexibility index (Phi) is 10.00. The molecule has 0 aliphatic carbocycles. The van der Waals surface area contributed by atoms with Crippen LogP contribution in [0.1, 0.15) is 39.5 Å². The third-order valence-electron chi connectivity index (χ3n) is 8.58. The van der Waals surface area contributed by atoms with Crippen LogP contribution >= 0.6 is 18.6 Å². The van der Waals surface area contributed by atoms with Gasteiger partial charge in [0.25, 0.3) is 0 Å². The Morgan fingerprint density at radius 2 is 1.03 bits per heavy atom. The van der Waals surface area contributed by atoms with Gasteiger partial charge in [-0.25, -0.2) is 0 Å². The van der Waals surface area contributed by atoms with Crippen LogP contribution in [0.4, 0.5) is 0 Å². The average Bonchev–Trinajstić information content (AvgIpc) is 3.45. The molecule has 186 valence electrons. The maximum absolute atomic E-state index is 4.89. The summed E-state index contributed by atoms with van der Waals surface area (Å²) in [6.07, 6.45) is 5.69. The summed E-state index contributed by atoms with van der Waals surface area (Å²) >= 11 is -0.556. The van der Waals surface area contributed by atoms with Crippen LogP contribution in [0.15, 0.2) is 72.8 Å². The molecular formula is C30H38Cl2Si2Ti-2. The van der Waals surface area contributed by atoms with E-state index in [2.05, 4.69) is 86.6 Å². The molecule has 0 N–H and O–H groups in total. The number of hydrogen-bond donors (Lipinski definition) is 0. The van der Waals surface area contributed by atoms with Gasteiger partial charge in [0.05, 0.1) is 0 Å². The fourth-order valence-electron chi connectivity index (χ4n) is 6.70. The standard InChI is InChI=1S/2C15H19Si.2ClH.Ti/c2*1-2-10-16(11-5-12-16)15-9-8-13-6-3-4-7-14(13)15;;;/h2*3-4,6-9H,2,5,10-12H2,1H3;2*1H;/q2*-1;;;+2/p-2. The van der Waals surface area contributed by atoms with E-state index >= 15 is 0 Å². The Balaban J connectivity index is 0.000000149. The first-order valence-electron chi connectivity index (χ1n) is 13.4. The summed E-state index contributed by atoms with van der Waals surface area (Å²) in [6.45, 7) is 4.69. The van der Waals surface area contributed by atoms with E-state index in [9.17, 15) is 0 Å². The van der Waals surface area contributed by atoms with E-state index in [0.29, 0.717) is 0 Å². The molecule has 2 saturated heterocycles. The molecule has 0 aromatic heterocycles. The van der Waals surface area contributed by atoms with Gasteiger partial charge in [0.1, 0.15) is 0 Å². The van der Waals surface area contributed by atoms with Gasteiger partial charge in [-0.2, -0.15) is 24.3 Å². The monoisotopic (exact) mass is 572 g/mol. The van der Waals surface area contributed by atoms with Crippen LogP contribution < -0.4 is 10.4 Å². The van der Waals surface area contributed by atoms with Gasteiger partial charge in [-0.15, -0.1) is 68.3 Å². The zero-order valence-electron chi connectivity index (χ0n) is 21.3. The summed E-state index contributed by atoms with van der Waals surface area (Å²) in [4.78, 5) is 0. The summed E-state index contributed by atoms with van der Waals surface area (Å²) in [5, 5.41) is 9.54. The molecule has 0 radical (unpaired) electrons. The number of fused-ring (bicyclic) bond motifs is 2. The molecule has 2 heterocycles. The number of benzene rings is 2. The van der Waals surface area contributed by atoms with Crippen LogP contribution in [0, 0.1) is 0 Å². The van der Waals surface area contributed by atoms with E-state index in [1.807, 2.05) is 0 Å². The summed E-state index contributed by atoms with van der Waals surface area (Å²) in [6, 6.07) is 36.5. The van der Waals surface area contributed by atoms with E-state index < -0.39 is 33.2 Å². The Morgan fingerprint density at radius 3 is 1.34 bits per heavy atom. The van der Waals surface area contributed by atoms with Crippen LogP contribution in [0.2, 0.25) is 36.3 Å². The minimum atomic E-state index is -1.03. The second kappa shape index (κ2) is 12.8. The van der Waals surface area contributed by atoms with Crippen LogP contribution in [-0.4, -0.2) is 16.1 Å². The third-order valence-corrected chi connectivity index (χ3v) is 19.9. The summed E-state index contributed by atoms with van der Waals surface area (Å²) < 4.78 is 0. The molecule has 0 spiro atoms. The van der Waals surface area contributed by atoms with Crippen molar-refractivity contribution >= 4 is 66.7 Å². The molecule has 2 aliphatic rings. The van der Waals surface area contributed by atoms with Crippen molar-refractivity contribution in [3.05, 3.63) is 72.8 Å². The van der Waals surface area contributed by atoms with Gasteiger partial charge < -0.3 is 0 Å². The molecule has 0 saturated carbocycles. The van der Waals surface area contributed by atoms with E-state index in [0.717, 1.165) is 0 Å². The normalized spacial score (nSPS) is 17.4. The summed E-state index contributed by atoms with van der Waals surface area (Å²) in [5.74, 6) is 0.